The lowest BCUT2D eigenvalue weighted by Gasteiger charge is -2.16. The molecule has 0 spiro atoms. The number of quaternary nitrogens is 1. The van der Waals surface area contributed by atoms with Gasteiger partial charge in [-0.2, -0.15) is 5.10 Å². The Morgan fingerprint density at radius 1 is 0.846 bits per heavy atom. The standard InChI is InChI=1S/C21H25N3O.ClH/c1-3-24(4-2)14-15-25-21-19-13-9-8-12-18(19)20(22-23-21)16-17-10-6-5-7-11-17;/h5-13H,3-4,14-16H2,1-2H3;1H. The molecule has 0 radical (unpaired) electrons. The lowest BCUT2D eigenvalue weighted by atomic mass is 10.0. The van der Waals surface area contributed by atoms with Gasteiger partial charge in [0.15, 0.2) is 0 Å². The summed E-state index contributed by atoms with van der Waals surface area (Å²) in [5, 5.41) is 11.0. The first-order valence-electron chi connectivity index (χ1n) is 9.06. The second-order valence-electron chi connectivity index (χ2n) is 6.22. The maximum absolute atomic E-state index is 5.96. The first-order valence-corrected chi connectivity index (χ1v) is 9.06. The number of nitrogens with one attached hydrogen (secondary N) is 1. The third-order valence-electron chi connectivity index (χ3n) is 4.64. The molecule has 2 aromatic carbocycles. The molecular weight excluding hydrogens is 346 g/mol. The van der Waals surface area contributed by atoms with Gasteiger partial charge in [0.2, 0.25) is 5.88 Å². The van der Waals surface area contributed by atoms with Crippen molar-refractivity contribution in [3.8, 4) is 5.88 Å². The van der Waals surface area contributed by atoms with Crippen molar-refractivity contribution in [2.75, 3.05) is 26.2 Å². The van der Waals surface area contributed by atoms with Crippen LogP contribution in [0.5, 0.6) is 5.88 Å². The molecule has 3 aromatic rings. The molecule has 0 saturated heterocycles. The zero-order valence-corrected chi connectivity index (χ0v) is 16.2. The Balaban J connectivity index is 0.00000243. The Bertz CT molecular complexity index is 807. The Hall–Kier alpha value is -2.17. The van der Waals surface area contributed by atoms with E-state index in [4.69, 9.17) is 4.74 Å². The monoisotopic (exact) mass is 371 g/mol. The van der Waals surface area contributed by atoms with E-state index >= 15 is 0 Å². The Morgan fingerprint density at radius 3 is 2.19 bits per heavy atom. The molecule has 4 nitrogen and oxygen atoms in total. The highest BCUT2D eigenvalue weighted by atomic mass is 35.5. The van der Waals surface area contributed by atoms with Gasteiger partial charge >= 0.3 is 0 Å². The first kappa shape index (κ1) is 20.1. The summed E-state index contributed by atoms with van der Waals surface area (Å²) in [4.78, 5) is 1.53. The van der Waals surface area contributed by atoms with Gasteiger partial charge < -0.3 is 22.0 Å². The molecule has 3 rings (SSSR count). The molecule has 0 aliphatic rings. The summed E-state index contributed by atoms with van der Waals surface area (Å²) in [5.41, 5.74) is 2.23. The molecule has 26 heavy (non-hydrogen) atoms. The highest BCUT2D eigenvalue weighted by Gasteiger charge is 2.11. The molecule has 0 aliphatic carbocycles. The largest absolute Gasteiger partial charge is 1.00 e. The Labute approximate surface area is 161 Å². The van der Waals surface area contributed by atoms with E-state index in [9.17, 15) is 0 Å². The second-order valence-corrected chi connectivity index (χ2v) is 6.22. The molecule has 5 heteroatoms. The number of ether oxygens (including phenoxy) is 1. The van der Waals surface area contributed by atoms with Gasteiger partial charge in [0.05, 0.1) is 18.8 Å². The number of hydrogen-bond donors (Lipinski definition) is 1. The third-order valence-corrected chi connectivity index (χ3v) is 4.64. The van der Waals surface area contributed by atoms with Crippen LogP contribution in [0.3, 0.4) is 0 Å². The quantitative estimate of drug-likeness (QED) is 0.582. The van der Waals surface area contributed by atoms with Crippen LogP contribution in [0.4, 0.5) is 0 Å². The van der Waals surface area contributed by atoms with E-state index in [-0.39, 0.29) is 12.4 Å². The van der Waals surface area contributed by atoms with Crippen LogP contribution in [0, 0.1) is 0 Å². The fourth-order valence-corrected chi connectivity index (χ4v) is 3.06. The van der Waals surface area contributed by atoms with Crippen molar-refractivity contribution in [2.45, 2.75) is 20.3 Å². The van der Waals surface area contributed by atoms with E-state index < -0.39 is 0 Å². The predicted molar refractivity (Wildman–Crippen MR) is 101 cm³/mol. The van der Waals surface area contributed by atoms with Crippen LogP contribution in [0.25, 0.3) is 10.8 Å². The van der Waals surface area contributed by atoms with Crippen molar-refractivity contribution in [1.29, 1.82) is 0 Å². The predicted octanol–water partition coefficient (Wildman–Crippen LogP) is -0.472. The normalized spacial score (nSPS) is 10.7. The van der Waals surface area contributed by atoms with Gasteiger partial charge in [-0.25, -0.2) is 0 Å². The lowest BCUT2D eigenvalue weighted by Crippen LogP contribution is -3.12. The fraction of sp³-hybridized carbons (Fsp3) is 0.333. The molecule has 0 fully saturated rings. The summed E-state index contributed by atoms with van der Waals surface area (Å²) in [5.74, 6) is 0.638. The number of rotatable bonds is 8. The molecule has 1 heterocycles. The average Bonchev–Trinajstić information content (AvgIpc) is 2.67. The number of likely N-dealkylation sites (N-methyl/N-ethyl adjacent to an activating group) is 1. The van der Waals surface area contributed by atoms with Crippen molar-refractivity contribution in [1.82, 2.24) is 10.2 Å². The maximum atomic E-state index is 5.96. The highest BCUT2D eigenvalue weighted by molar-refractivity contribution is 5.88. The molecule has 0 aliphatic heterocycles. The van der Waals surface area contributed by atoms with Gasteiger partial charge in [-0.1, -0.05) is 48.5 Å². The van der Waals surface area contributed by atoms with Gasteiger partial charge in [0.25, 0.3) is 0 Å². The van der Waals surface area contributed by atoms with Gasteiger partial charge in [-0.3, -0.25) is 0 Å². The second kappa shape index (κ2) is 10.1. The molecule has 0 atom stereocenters. The van der Waals surface area contributed by atoms with E-state index in [0.29, 0.717) is 12.5 Å². The lowest BCUT2D eigenvalue weighted by molar-refractivity contribution is -0.896. The minimum atomic E-state index is 0. The topological polar surface area (TPSA) is 39.5 Å². The maximum Gasteiger partial charge on any atom is 0.241 e. The van der Waals surface area contributed by atoms with Gasteiger partial charge in [-0.15, -0.1) is 5.10 Å². The molecule has 0 saturated carbocycles. The summed E-state index contributed by atoms with van der Waals surface area (Å²) in [7, 11) is 0. The van der Waals surface area contributed by atoms with Crippen LogP contribution in [-0.4, -0.2) is 36.4 Å². The number of hydrogen-bond acceptors (Lipinski definition) is 3. The van der Waals surface area contributed by atoms with Gasteiger partial charge in [0.1, 0.15) is 13.2 Å². The van der Waals surface area contributed by atoms with Crippen molar-refractivity contribution < 1.29 is 22.0 Å². The smallest absolute Gasteiger partial charge is 0.241 e. The molecule has 1 aromatic heterocycles. The molecule has 0 amide bonds. The number of halogens is 1. The number of aromatic nitrogens is 2. The summed E-state index contributed by atoms with van der Waals surface area (Å²) < 4.78 is 5.96. The SMILES string of the molecule is CC[NH+](CC)CCOc1nnc(Cc2ccccc2)c2ccccc12.[Cl-]. The van der Waals surface area contributed by atoms with E-state index in [2.05, 4.69) is 60.4 Å². The summed E-state index contributed by atoms with van der Waals surface area (Å²) >= 11 is 0. The van der Waals surface area contributed by atoms with Gasteiger partial charge in [-0.05, 0) is 25.5 Å². The van der Waals surface area contributed by atoms with Crippen LogP contribution < -0.4 is 22.0 Å². The molecule has 1 N–H and O–H groups in total. The molecule has 138 valence electrons. The molecular formula is C21H26ClN3O. The van der Waals surface area contributed by atoms with Crippen molar-refractivity contribution in [3.63, 3.8) is 0 Å². The Kier molecular flexibility index (Phi) is 7.82. The van der Waals surface area contributed by atoms with Crippen LogP contribution in [0.15, 0.2) is 54.6 Å². The summed E-state index contributed by atoms with van der Waals surface area (Å²) in [6.45, 7) is 8.27. The minimum absolute atomic E-state index is 0. The van der Waals surface area contributed by atoms with Crippen LogP contribution in [0.1, 0.15) is 25.1 Å². The molecule has 0 unspecified atom stereocenters. The van der Waals surface area contributed by atoms with E-state index in [1.165, 1.54) is 10.5 Å². The van der Waals surface area contributed by atoms with Crippen molar-refractivity contribution in [3.05, 3.63) is 65.9 Å². The van der Waals surface area contributed by atoms with Crippen molar-refractivity contribution in [2.24, 2.45) is 0 Å². The highest BCUT2D eigenvalue weighted by Crippen LogP contribution is 2.25. The average molecular weight is 372 g/mol. The summed E-state index contributed by atoms with van der Waals surface area (Å²) in [6.07, 6.45) is 0.776. The van der Waals surface area contributed by atoms with E-state index in [1.807, 2.05) is 18.2 Å². The van der Waals surface area contributed by atoms with Crippen LogP contribution in [0.2, 0.25) is 0 Å². The van der Waals surface area contributed by atoms with Crippen molar-refractivity contribution >= 4 is 10.8 Å². The zero-order valence-electron chi connectivity index (χ0n) is 15.4. The summed E-state index contributed by atoms with van der Waals surface area (Å²) in [6, 6.07) is 18.6. The third kappa shape index (κ3) is 4.93. The first-order chi connectivity index (χ1) is 12.3. The molecule has 0 bridgehead atoms. The van der Waals surface area contributed by atoms with Crippen LogP contribution >= 0.6 is 0 Å². The van der Waals surface area contributed by atoms with E-state index in [1.54, 1.807) is 0 Å². The Morgan fingerprint density at radius 2 is 1.50 bits per heavy atom. The number of benzene rings is 2. The number of nitrogens with zero attached hydrogens (tertiary/aromatic N) is 2. The minimum Gasteiger partial charge on any atom is -1.00 e. The van der Waals surface area contributed by atoms with Gasteiger partial charge in [0, 0.05) is 17.2 Å². The number of fused-ring (bicyclic) bond motifs is 1. The fourth-order valence-electron chi connectivity index (χ4n) is 3.06. The zero-order chi connectivity index (χ0) is 17.5. The van der Waals surface area contributed by atoms with Crippen LogP contribution in [-0.2, 0) is 6.42 Å². The van der Waals surface area contributed by atoms with E-state index in [0.717, 1.165) is 42.5 Å².